The molecule has 0 aromatic heterocycles. The van der Waals surface area contributed by atoms with Crippen LogP contribution >= 0.6 is 9.24 Å². The summed E-state index contributed by atoms with van der Waals surface area (Å²) >= 11 is 0. The van der Waals surface area contributed by atoms with Crippen LogP contribution in [-0.2, 0) is 9.53 Å². The molecule has 0 aromatic carbocycles. The topological polar surface area (TPSA) is 26.3 Å². The van der Waals surface area contributed by atoms with Crippen LogP contribution in [-0.4, -0.2) is 18.7 Å². The lowest BCUT2D eigenvalue weighted by Gasteiger charge is -1.96. The Morgan fingerprint density at radius 3 is 2.75 bits per heavy atom. The Balaban J connectivity index is 2.82. The molecule has 0 rings (SSSR count). The fraction of sp³-hybridized carbons (Fsp3) is 0.800. The SMILES string of the molecule is CC(=O)OCCCP. The molecule has 0 aliphatic heterocycles. The quantitative estimate of drug-likeness (QED) is 0.324. The zero-order chi connectivity index (χ0) is 6.41. The lowest BCUT2D eigenvalue weighted by molar-refractivity contribution is -0.140. The average molecular weight is 134 g/mol. The summed E-state index contributed by atoms with van der Waals surface area (Å²) in [6, 6.07) is 0. The third-order valence-electron chi connectivity index (χ3n) is 0.654. The molecule has 1 atom stereocenters. The minimum absolute atomic E-state index is 0.191. The van der Waals surface area contributed by atoms with Crippen molar-refractivity contribution in [1.29, 1.82) is 0 Å². The van der Waals surface area contributed by atoms with E-state index < -0.39 is 0 Å². The first-order valence-electron chi connectivity index (χ1n) is 2.61. The summed E-state index contributed by atoms with van der Waals surface area (Å²) < 4.78 is 4.63. The molecular weight excluding hydrogens is 123 g/mol. The molecule has 0 aliphatic carbocycles. The van der Waals surface area contributed by atoms with Gasteiger partial charge in [-0.15, -0.1) is 9.24 Å². The van der Waals surface area contributed by atoms with E-state index in [-0.39, 0.29) is 5.97 Å². The average Bonchev–Trinajstić information content (AvgIpc) is 1.66. The van der Waals surface area contributed by atoms with Crippen LogP contribution in [0.25, 0.3) is 0 Å². The lowest BCUT2D eigenvalue weighted by Crippen LogP contribution is -2.00. The Hall–Kier alpha value is -0.100. The number of esters is 1. The van der Waals surface area contributed by atoms with E-state index in [2.05, 4.69) is 14.0 Å². The first-order valence-corrected chi connectivity index (χ1v) is 3.42. The van der Waals surface area contributed by atoms with E-state index >= 15 is 0 Å². The summed E-state index contributed by atoms with van der Waals surface area (Å²) in [5, 5.41) is 0. The highest BCUT2D eigenvalue weighted by atomic mass is 31.0. The standard InChI is InChI=1S/C5H11O2P/c1-5(6)7-3-2-4-8/h2-4,8H2,1H3. The number of hydrogen-bond acceptors (Lipinski definition) is 2. The van der Waals surface area contributed by atoms with Gasteiger partial charge in [0.15, 0.2) is 0 Å². The molecule has 0 heterocycles. The third kappa shape index (κ3) is 5.90. The molecule has 0 saturated heterocycles. The van der Waals surface area contributed by atoms with Crippen LogP contribution in [0.1, 0.15) is 13.3 Å². The van der Waals surface area contributed by atoms with Gasteiger partial charge < -0.3 is 4.74 Å². The number of rotatable bonds is 3. The fourth-order valence-electron chi connectivity index (χ4n) is 0.299. The van der Waals surface area contributed by atoms with E-state index in [1.165, 1.54) is 6.92 Å². The number of ether oxygens (including phenoxy) is 1. The largest absolute Gasteiger partial charge is 0.466 e. The van der Waals surface area contributed by atoms with Crippen molar-refractivity contribution in [2.45, 2.75) is 13.3 Å². The third-order valence-corrected chi connectivity index (χ3v) is 1.06. The zero-order valence-electron chi connectivity index (χ0n) is 5.02. The van der Waals surface area contributed by atoms with Crippen molar-refractivity contribution in [2.75, 3.05) is 12.8 Å². The summed E-state index contributed by atoms with van der Waals surface area (Å²) in [6.45, 7) is 1.97. The highest BCUT2D eigenvalue weighted by Crippen LogP contribution is 1.88. The normalized spacial score (nSPS) is 8.75. The molecule has 0 radical (unpaired) electrons. The van der Waals surface area contributed by atoms with Crippen molar-refractivity contribution in [3.8, 4) is 0 Å². The second kappa shape index (κ2) is 5.04. The summed E-state index contributed by atoms with van der Waals surface area (Å²) in [7, 11) is 2.57. The Labute approximate surface area is 51.8 Å². The highest BCUT2D eigenvalue weighted by Gasteiger charge is 1.88. The van der Waals surface area contributed by atoms with Gasteiger partial charge in [-0.05, 0) is 12.6 Å². The summed E-state index contributed by atoms with van der Waals surface area (Å²) in [5.74, 6) is -0.191. The first-order chi connectivity index (χ1) is 3.77. The molecule has 1 unspecified atom stereocenters. The maximum atomic E-state index is 10.1. The van der Waals surface area contributed by atoms with Gasteiger partial charge in [0.25, 0.3) is 0 Å². The molecule has 2 nitrogen and oxygen atoms in total. The summed E-state index contributed by atoms with van der Waals surface area (Å²) in [6.07, 6.45) is 1.93. The predicted molar refractivity (Wildman–Crippen MR) is 35.8 cm³/mol. The van der Waals surface area contributed by atoms with Crippen molar-refractivity contribution in [3.05, 3.63) is 0 Å². The van der Waals surface area contributed by atoms with E-state index in [0.717, 1.165) is 12.6 Å². The van der Waals surface area contributed by atoms with Crippen molar-refractivity contribution < 1.29 is 9.53 Å². The Morgan fingerprint density at radius 1 is 1.75 bits per heavy atom. The molecule has 0 N–H and O–H groups in total. The van der Waals surface area contributed by atoms with Crippen LogP contribution < -0.4 is 0 Å². The van der Waals surface area contributed by atoms with Crippen LogP contribution in [0, 0.1) is 0 Å². The Kier molecular flexibility index (Phi) is 4.98. The van der Waals surface area contributed by atoms with Crippen LogP contribution in [0.15, 0.2) is 0 Å². The smallest absolute Gasteiger partial charge is 0.302 e. The predicted octanol–water partition coefficient (Wildman–Crippen LogP) is 0.815. The van der Waals surface area contributed by atoms with E-state index in [1.807, 2.05) is 0 Å². The molecule has 0 spiro atoms. The minimum atomic E-state index is -0.191. The molecule has 3 heteroatoms. The van der Waals surface area contributed by atoms with Crippen molar-refractivity contribution >= 4 is 15.2 Å². The van der Waals surface area contributed by atoms with Gasteiger partial charge in [0.2, 0.25) is 0 Å². The molecule has 0 fully saturated rings. The van der Waals surface area contributed by atoms with Crippen LogP contribution in [0.4, 0.5) is 0 Å². The maximum Gasteiger partial charge on any atom is 0.302 e. The van der Waals surface area contributed by atoms with E-state index in [9.17, 15) is 4.79 Å². The summed E-state index contributed by atoms with van der Waals surface area (Å²) in [5.41, 5.74) is 0. The molecule has 48 valence electrons. The Morgan fingerprint density at radius 2 is 2.38 bits per heavy atom. The van der Waals surface area contributed by atoms with Crippen LogP contribution in [0.3, 0.4) is 0 Å². The molecule has 0 saturated carbocycles. The van der Waals surface area contributed by atoms with Crippen molar-refractivity contribution in [1.82, 2.24) is 0 Å². The van der Waals surface area contributed by atoms with Gasteiger partial charge in [0.05, 0.1) is 6.61 Å². The van der Waals surface area contributed by atoms with Crippen molar-refractivity contribution in [3.63, 3.8) is 0 Å². The first kappa shape index (κ1) is 7.90. The van der Waals surface area contributed by atoms with Gasteiger partial charge in [-0.25, -0.2) is 0 Å². The maximum absolute atomic E-state index is 10.1. The van der Waals surface area contributed by atoms with Gasteiger partial charge in [-0.3, -0.25) is 4.79 Å². The molecule has 0 bridgehead atoms. The van der Waals surface area contributed by atoms with Gasteiger partial charge in [0, 0.05) is 6.92 Å². The van der Waals surface area contributed by atoms with Gasteiger partial charge >= 0.3 is 5.97 Å². The zero-order valence-corrected chi connectivity index (χ0v) is 6.17. The number of carbonyl (C=O) groups is 1. The lowest BCUT2D eigenvalue weighted by atomic mass is 10.5. The minimum Gasteiger partial charge on any atom is -0.466 e. The van der Waals surface area contributed by atoms with E-state index in [1.54, 1.807) is 0 Å². The van der Waals surface area contributed by atoms with E-state index in [0.29, 0.717) is 6.61 Å². The second-order valence-corrected chi connectivity index (χ2v) is 2.06. The van der Waals surface area contributed by atoms with Gasteiger partial charge in [0.1, 0.15) is 0 Å². The van der Waals surface area contributed by atoms with Gasteiger partial charge in [-0.2, -0.15) is 0 Å². The molecular formula is C5H11O2P. The van der Waals surface area contributed by atoms with Gasteiger partial charge in [-0.1, -0.05) is 0 Å². The molecule has 0 aromatic rings. The van der Waals surface area contributed by atoms with Crippen LogP contribution in [0.5, 0.6) is 0 Å². The molecule has 0 amide bonds. The van der Waals surface area contributed by atoms with E-state index in [4.69, 9.17) is 0 Å². The molecule has 0 aliphatic rings. The second-order valence-electron chi connectivity index (χ2n) is 1.48. The van der Waals surface area contributed by atoms with Crippen LogP contribution in [0.2, 0.25) is 0 Å². The monoisotopic (exact) mass is 134 g/mol. The highest BCUT2D eigenvalue weighted by molar-refractivity contribution is 7.16. The number of hydrogen-bond donors (Lipinski definition) is 0. The van der Waals surface area contributed by atoms with Crippen molar-refractivity contribution in [2.24, 2.45) is 0 Å². The molecule has 8 heavy (non-hydrogen) atoms. The number of carbonyl (C=O) groups excluding carboxylic acids is 1. The Bertz CT molecular complexity index is 72.8. The fourth-order valence-corrected chi connectivity index (χ4v) is 0.466. The summed E-state index contributed by atoms with van der Waals surface area (Å²) in [4.78, 5) is 10.1.